The van der Waals surface area contributed by atoms with Gasteiger partial charge in [0, 0.05) is 4.88 Å². The lowest BCUT2D eigenvalue weighted by molar-refractivity contribution is -0.147. The summed E-state index contributed by atoms with van der Waals surface area (Å²) in [6.07, 6.45) is 3.04. The Bertz CT molecular complexity index is 1130. The minimum Gasteiger partial charge on any atom is -0.482 e. The third-order valence-electron chi connectivity index (χ3n) is 5.21. The van der Waals surface area contributed by atoms with Crippen LogP contribution in [0.1, 0.15) is 53.6 Å². The van der Waals surface area contributed by atoms with Crippen molar-refractivity contribution in [3.63, 3.8) is 0 Å². The van der Waals surface area contributed by atoms with E-state index in [0.29, 0.717) is 22.9 Å². The zero-order chi connectivity index (χ0) is 20.5. The van der Waals surface area contributed by atoms with Crippen LogP contribution in [0.4, 0.5) is 0 Å². The zero-order valence-corrected chi connectivity index (χ0v) is 17.6. The molecule has 0 bridgehead atoms. The molecule has 6 nitrogen and oxygen atoms in total. The molecule has 0 amide bonds. The normalized spacial score (nSPS) is 13.1. The van der Waals surface area contributed by atoms with Crippen molar-refractivity contribution >= 4 is 27.5 Å². The number of nitrogens with zero attached hydrogens (tertiary/aromatic N) is 1. The van der Waals surface area contributed by atoms with Gasteiger partial charge in [-0.25, -0.2) is 9.78 Å². The van der Waals surface area contributed by atoms with Crippen LogP contribution in [-0.2, 0) is 29.0 Å². The van der Waals surface area contributed by atoms with E-state index < -0.39 is 5.97 Å². The van der Waals surface area contributed by atoms with Crippen LogP contribution < -0.4 is 10.3 Å². The second kappa shape index (κ2) is 7.99. The smallest absolute Gasteiger partial charge is 0.344 e. The lowest BCUT2D eigenvalue weighted by atomic mass is 9.98. The molecule has 7 heteroatoms. The summed E-state index contributed by atoms with van der Waals surface area (Å²) in [5.74, 6) is 0.912. The van der Waals surface area contributed by atoms with E-state index in [1.807, 2.05) is 25.1 Å². The summed E-state index contributed by atoms with van der Waals surface area (Å²) in [7, 11) is 0. The van der Waals surface area contributed by atoms with Crippen LogP contribution in [0.5, 0.6) is 5.75 Å². The summed E-state index contributed by atoms with van der Waals surface area (Å²) in [6, 6.07) is 5.80. The molecule has 1 N–H and O–H groups in total. The first-order chi connectivity index (χ1) is 13.9. The second-order valence-electron chi connectivity index (χ2n) is 7.67. The number of benzene rings is 1. The standard InChI is InChI=1S/C22H24N2O4S/c1-12(2)15-8-7-14(9-13(15)3)27-11-19(25)28-10-18-23-21(26)20-16-5-4-6-17(16)29-22(20)24-18/h7-9,12H,4-6,10-11H2,1-3H3,(H,23,24,26). The number of carbonyl (C=O) groups excluding carboxylic acids is 1. The highest BCUT2D eigenvalue weighted by atomic mass is 32.1. The molecule has 0 aliphatic heterocycles. The SMILES string of the molecule is Cc1cc(OCC(=O)OCc2nc3sc4c(c3c(=O)[nH]2)CCC4)ccc1C(C)C. The highest BCUT2D eigenvalue weighted by Crippen LogP contribution is 2.34. The topological polar surface area (TPSA) is 81.3 Å². The number of aryl methyl sites for hydroxylation is 3. The largest absolute Gasteiger partial charge is 0.482 e. The number of hydrogen-bond donors (Lipinski definition) is 1. The minimum absolute atomic E-state index is 0.0821. The maximum absolute atomic E-state index is 12.4. The molecule has 0 spiro atoms. The van der Waals surface area contributed by atoms with Gasteiger partial charge in [0.15, 0.2) is 6.61 Å². The molecular weight excluding hydrogens is 388 g/mol. The maximum atomic E-state index is 12.4. The van der Waals surface area contributed by atoms with Crippen molar-refractivity contribution in [1.29, 1.82) is 0 Å². The number of fused-ring (bicyclic) bond motifs is 3. The van der Waals surface area contributed by atoms with Gasteiger partial charge >= 0.3 is 5.97 Å². The van der Waals surface area contributed by atoms with Crippen LogP contribution in [0.2, 0.25) is 0 Å². The number of rotatable bonds is 6. The fraction of sp³-hybridized carbons (Fsp3) is 0.409. The average molecular weight is 413 g/mol. The van der Waals surface area contributed by atoms with E-state index in [2.05, 4.69) is 23.8 Å². The lowest BCUT2D eigenvalue weighted by Crippen LogP contribution is -2.18. The Balaban J connectivity index is 1.36. The number of aromatic amines is 1. The summed E-state index contributed by atoms with van der Waals surface area (Å²) in [4.78, 5) is 33.7. The molecule has 0 saturated heterocycles. The van der Waals surface area contributed by atoms with Crippen LogP contribution in [0.25, 0.3) is 10.2 Å². The summed E-state index contributed by atoms with van der Waals surface area (Å²) in [5, 5.41) is 0.695. The van der Waals surface area contributed by atoms with Crippen LogP contribution in [-0.4, -0.2) is 22.5 Å². The van der Waals surface area contributed by atoms with Crippen LogP contribution in [0.15, 0.2) is 23.0 Å². The Morgan fingerprint density at radius 3 is 2.90 bits per heavy atom. The van der Waals surface area contributed by atoms with E-state index in [0.717, 1.165) is 35.2 Å². The lowest BCUT2D eigenvalue weighted by Gasteiger charge is -2.12. The minimum atomic E-state index is -0.507. The van der Waals surface area contributed by atoms with Gasteiger partial charge in [-0.3, -0.25) is 4.79 Å². The number of thiophene rings is 1. The molecule has 2 aromatic heterocycles. The van der Waals surface area contributed by atoms with Crippen molar-refractivity contribution in [2.45, 2.75) is 52.6 Å². The van der Waals surface area contributed by atoms with E-state index in [9.17, 15) is 9.59 Å². The first-order valence-electron chi connectivity index (χ1n) is 9.84. The number of hydrogen-bond acceptors (Lipinski definition) is 6. The molecule has 3 aromatic rings. The predicted molar refractivity (Wildman–Crippen MR) is 113 cm³/mol. The third kappa shape index (κ3) is 4.05. The van der Waals surface area contributed by atoms with Crippen molar-refractivity contribution in [3.05, 3.63) is 55.9 Å². The number of ether oxygens (including phenoxy) is 2. The molecule has 0 unspecified atom stereocenters. The summed E-state index contributed by atoms with van der Waals surface area (Å²) in [5.41, 5.74) is 3.36. The number of esters is 1. The molecule has 0 fully saturated rings. The molecule has 1 aliphatic rings. The molecule has 2 heterocycles. The highest BCUT2D eigenvalue weighted by Gasteiger charge is 2.21. The first-order valence-corrected chi connectivity index (χ1v) is 10.7. The zero-order valence-electron chi connectivity index (χ0n) is 16.8. The Labute approximate surface area is 172 Å². The van der Waals surface area contributed by atoms with Gasteiger partial charge in [-0.05, 0) is 60.9 Å². The van der Waals surface area contributed by atoms with Gasteiger partial charge in [-0.1, -0.05) is 19.9 Å². The Kier molecular flexibility index (Phi) is 5.41. The number of nitrogens with one attached hydrogen (secondary N) is 1. The van der Waals surface area contributed by atoms with Gasteiger partial charge in [0.05, 0.1) is 5.39 Å². The fourth-order valence-electron chi connectivity index (χ4n) is 3.83. The van der Waals surface area contributed by atoms with Crippen LogP contribution in [0, 0.1) is 6.92 Å². The highest BCUT2D eigenvalue weighted by molar-refractivity contribution is 7.18. The molecule has 152 valence electrons. The molecule has 1 aromatic carbocycles. The van der Waals surface area contributed by atoms with Gasteiger partial charge < -0.3 is 14.5 Å². The van der Waals surface area contributed by atoms with Gasteiger partial charge in [-0.15, -0.1) is 11.3 Å². The van der Waals surface area contributed by atoms with Crippen molar-refractivity contribution in [2.75, 3.05) is 6.61 Å². The molecule has 0 radical (unpaired) electrons. The van der Waals surface area contributed by atoms with Gasteiger partial charge in [0.25, 0.3) is 5.56 Å². The molecule has 1 aliphatic carbocycles. The summed E-state index contributed by atoms with van der Waals surface area (Å²) in [6.45, 7) is 6.03. The Hall–Kier alpha value is -2.67. The number of aromatic nitrogens is 2. The molecule has 0 saturated carbocycles. The Morgan fingerprint density at radius 2 is 2.14 bits per heavy atom. The quantitative estimate of drug-likeness (QED) is 0.618. The van der Waals surface area contributed by atoms with E-state index in [1.165, 1.54) is 10.4 Å². The van der Waals surface area contributed by atoms with Crippen molar-refractivity contribution in [3.8, 4) is 5.75 Å². The first kappa shape index (κ1) is 19.6. The van der Waals surface area contributed by atoms with Crippen LogP contribution in [0.3, 0.4) is 0 Å². The van der Waals surface area contributed by atoms with Gasteiger partial charge in [0.2, 0.25) is 0 Å². The Morgan fingerprint density at radius 1 is 1.31 bits per heavy atom. The van der Waals surface area contributed by atoms with Gasteiger partial charge in [-0.2, -0.15) is 0 Å². The van der Waals surface area contributed by atoms with Crippen molar-refractivity contribution < 1.29 is 14.3 Å². The second-order valence-corrected chi connectivity index (χ2v) is 8.76. The predicted octanol–water partition coefficient (Wildman–Crippen LogP) is 4.03. The summed E-state index contributed by atoms with van der Waals surface area (Å²) >= 11 is 1.56. The molecular formula is C22H24N2O4S. The summed E-state index contributed by atoms with van der Waals surface area (Å²) < 4.78 is 10.8. The number of carbonyl (C=O) groups is 1. The maximum Gasteiger partial charge on any atom is 0.344 e. The fourth-order valence-corrected chi connectivity index (χ4v) is 5.11. The van der Waals surface area contributed by atoms with Crippen molar-refractivity contribution in [2.24, 2.45) is 0 Å². The van der Waals surface area contributed by atoms with E-state index in [1.54, 1.807) is 11.3 Å². The molecule has 0 atom stereocenters. The van der Waals surface area contributed by atoms with E-state index >= 15 is 0 Å². The van der Waals surface area contributed by atoms with E-state index in [-0.39, 0.29) is 18.8 Å². The van der Waals surface area contributed by atoms with Crippen molar-refractivity contribution in [1.82, 2.24) is 9.97 Å². The average Bonchev–Trinajstić information content (AvgIpc) is 3.25. The number of H-pyrrole nitrogens is 1. The van der Waals surface area contributed by atoms with Crippen LogP contribution >= 0.6 is 11.3 Å². The molecule has 29 heavy (non-hydrogen) atoms. The monoisotopic (exact) mass is 412 g/mol. The third-order valence-corrected chi connectivity index (χ3v) is 6.40. The molecule has 4 rings (SSSR count). The van der Waals surface area contributed by atoms with Gasteiger partial charge in [0.1, 0.15) is 23.0 Å². The van der Waals surface area contributed by atoms with E-state index in [4.69, 9.17) is 9.47 Å².